The number of benzene rings is 3. The molecule has 0 unspecified atom stereocenters. The maximum absolute atomic E-state index is 10.7. The van der Waals surface area contributed by atoms with Gasteiger partial charge in [-0.3, -0.25) is 10.1 Å². The standard InChI is InChI=1S/C21H19BrN2O3/c1-15-2-7-19(8-3-15)23-13-17-12-18(22)6-11-21(17)27-14-16-4-9-20(10-5-16)24(25)26/h2-12,23H,13-14H2,1H3. The second-order valence-electron chi connectivity index (χ2n) is 6.18. The number of nitro benzene ring substituents is 1. The third-order valence-electron chi connectivity index (χ3n) is 4.10. The summed E-state index contributed by atoms with van der Waals surface area (Å²) in [5, 5.41) is 14.1. The molecule has 0 saturated heterocycles. The minimum Gasteiger partial charge on any atom is -0.489 e. The van der Waals surface area contributed by atoms with Crippen LogP contribution < -0.4 is 10.1 Å². The summed E-state index contributed by atoms with van der Waals surface area (Å²) in [5.74, 6) is 0.774. The van der Waals surface area contributed by atoms with Crippen molar-refractivity contribution in [1.82, 2.24) is 0 Å². The van der Waals surface area contributed by atoms with Gasteiger partial charge in [0.25, 0.3) is 5.69 Å². The normalized spacial score (nSPS) is 10.4. The Labute approximate surface area is 166 Å². The van der Waals surface area contributed by atoms with Gasteiger partial charge < -0.3 is 10.1 Å². The minimum atomic E-state index is -0.409. The molecule has 0 heterocycles. The first-order valence-electron chi connectivity index (χ1n) is 8.46. The van der Waals surface area contributed by atoms with Crippen molar-refractivity contribution >= 4 is 27.3 Å². The predicted octanol–water partition coefficient (Wildman–Crippen LogP) is 5.86. The number of nitrogens with one attached hydrogen (secondary N) is 1. The van der Waals surface area contributed by atoms with Gasteiger partial charge in [-0.25, -0.2) is 0 Å². The van der Waals surface area contributed by atoms with E-state index in [4.69, 9.17) is 4.74 Å². The van der Waals surface area contributed by atoms with Gasteiger partial charge in [0.2, 0.25) is 0 Å². The summed E-state index contributed by atoms with van der Waals surface area (Å²) in [4.78, 5) is 10.3. The maximum Gasteiger partial charge on any atom is 0.269 e. The Kier molecular flexibility index (Phi) is 6.08. The van der Waals surface area contributed by atoms with E-state index in [1.165, 1.54) is 17.7 Å². The molecule has 0 aliphatic heterocycles. The van der Waals surface area contributed by atoms with Crippen molar-refractivity contribution in [2.45, 2.75) is 20.1 Å². The molecule has 6 heteroatoms. The van der Waals surface area contributed by atoms with Crippen LogP contribution in [-0.2, 0) is 13.2 Å². The van der Waals surface area contributed by atoms with E-state index >= 15 is 0 Å². The van der Waals surface area contributed by atoms with Crippen LogP contribution in [-0.4, -0.2) is 4.92 Å². The van der Waals surface area contributed by atoms with Crippen molar-refractivity contribution in [1.29, 1.82) is 0 Å². The number of ether oxygens (including phenoxy) is 1. The van der Waals surface area contributed by atoms with Crippen molar-refractivity contribution < 1.29 is 9.66 Å². The Hall–Kier alpha value is -2.86. The van der Waals surface area contributed by atoms with E-state index in [9.17, 15) is 10.1 Å². The van der Waals surface area contributed by atoms with Crippen LogP contribution in [0.3, 0.4) is 0 Å². The molecule has 5 nitrogen and oxygen atoms in total. The van der Waals surface area contributed by atoms with Crippen molar-refractivity contribution in [3.05, 3.63) is 98.0 Å². The monoisotopic (exact) mass is 426 g/mol. The predicted molar refractivity (Wildman–Crippen MR) is 110 cm³/mol. The van der Waals surface area contributed by atoms with Crippen LogP contribution in [0.1, 0.15) is 16.7 Å². The average Bonchev–Trinajstić information content (AvgIpc) is 2.67. The molecule has 3 rings (SSSR count). The quantitative estimate of drug-likeness (QED) is 0.379. The first-order chi connectivity index (χ1) is 13.0. The van der Waals surface area contributed by atoms with Gasteiger partial charge in [-0.15, -0.1) is 0 Å². The van der Waals surface area contributed by atoms with E-state index < -0.39 is 4.92 Å². The fourth-order valence-corrected chi connectivity index (χ4v) is 2.98. The zero-order chi connectivity index (χ0) is 19.2. The fraction of sp³-hybridized carbons (Fsp3) is 0.143. The maximum atomic E-state index is 10.7. The van der Waals surface area contributed by atoms with Gasteiger partial charge in [0.15, 0.2) is 0 Å². The lowest BCUT2D eigenvalue weighted by molar-refractivity contribution is -0.384. The lowest BCUT2D eigenvalue weighted by Crippen LogP contribution is -2.04. The van der Waals surface area contributed by atoms with Crippen molar-refractivity contribution in [2.24, 2.45) is 0 Å². The molecule has 0 fully saturated rings. The fourth-order valence-electron chi connectivity index (χ4n) is 2.57. The van der Waals surface area contributed by atoms with Gasteiger partial charge in [0.1, 0.15) is 12.4 Å². The van der Waals surface area contributed by atoms with Crippen LogP contribution in [0, 0.1) is 17.0 Å². The molecule has 0 saturated carbocycles. The van der Waals surface area contributed by atoms with E-state index in [1.54, 1.807) is 12.1 Å². The summed E-state index contributed by atoms with van der Waals surface area (Å²) in [5.41, 5.74) is 4.23. The van der Waals surface area contributed by atoms with E-state index in [0.717, 1.165) is 27.0 Å². The van der Waals surface area contributed by atoms with Gasteiger partial charge >= 0.3 is 0 Å². The van der Waals surface area contributed by atoms with Crippen LogP contribution in [0.15, 0.2) is 71.2 Å². The first-order valence-corrected chi connectivity index (χ1v) is 9.25. The summed E-state index contributed by atoms with van der Waals surface area (Å²) in [6, 6.07) is 20.5. The Morgan fingerprint density at radius 1 is 1.04 bits per heavy atom. The highest BCUT2D eigenvalue weighted by molar-refractivity contribution is 9.10. The minimum absolute atomic E-state index is 0.0744. The molecule has 0 spiro atoms. The number of non-ortho nitro benzene ring substituents is 1. The number of hydrogen-bond acceptors (Lipinski definition) is 4. The molecule has 0 aliphatic rings. The molecule has 3 aromatic rings. The second-order valence-corrected chi connectivity index (χ2v) is 7.10. The van der Waals surface area contributed by atoms with E-state index in [0.29, 0.717) is 13.2 Å². The summed E-state index contributed by atoms with van der Waals surface area (Å²) < 4.78 is 6.93. The van der Waals surface area contributed by atoms with E-state index in [-0.39, 0.29) is 5.69 Å². The third kappa shape index (κ3) is 5.31. The Morgan fingerprint density at radius 3 is 2.41 bits per heavy atom. The first kappa shape index (κ1) is 18.9. The van der Waals surface area contributed by atoms with Crippen LogP contribution >= 0.6 is 15.9 Å². The van der Waals surface area contributed by atoms with Crippen LogP contribution in [0.25, 0.3) is 0 Å². The zero-order valence-electron chi connectivity index (χ0n) is 14.8. The molecular formula is C21H19BrN2O3. The molecule has 27 heavy (non-hydrogen) atoms. The molecule has 1 N–H and O–H groups in total. The summed E-state index contributed by atoms with van der Waals surface area (Å²) >= 11 is 3.50. The SMILES string of the molecule is Cc1ccc(NCc2cc(Br)ccc2OCc2ccc([N+](=O)[O-])cc2)cc1. The lowest BCUT2D eigenvalue weighted by Gasteiger charge is -2.14. The van der Waals surface area contributed by atoms with Crippen LogP contribution in [0.5, 0.6) is 5.75 Å². The van der Waals surface area contributed by atoms with Gasteiger partial charge in [-0.1, -0.05) is 33.6 Å². The molecule has 0 bridgehead atoms. The van der Waals surface area contributed by atoms with Crippen LogP contribution in [0.4, 0.5) is 11.4 Å². The number of aryl methyl sites for hydroxylation is 1. The largest absolute Gasteiger partial charge is 0.489 e. The molecule has 0 aromatic heterocycles. The van der Waals surface area contributed by atoms with E-state index in [1.807, 2.05) is 30.3 Å². The van der Waals surface area contributed by atoms with Gasteiger partial charge in [-0.05, 0) is 55.0 Å². The lowest BCUT2D eigenvalue weighted by atomic mass is 10.1. The number of halogens is 1. The molecule has 0 aliphatic carbocycles. The molecule has 138 valence electrons. The smallest absolute Gasteiger partial charge is 0.269 e. The van der Waals surface area contributed by atoms with Crippen molar-refractivity contribution in [3.63, 3.8) is 0 Å². The molecule has 0 amide bonds. The molecule has 0 atom stereocenters. The highest BCUT2D eigenvalue weighted by atomic mass is 79.9. The second kappa shape index (κ2) is 8.68. The zero-order valence-corrected chi connectivity index (χ0v) is 16.4. The summed E-state index contributed by atoms with van der Waals surface area (Å²) in [7, 11) is 0. The Morgan fingerprint density at radius 2 is 1.74 bits per heavy atom. The van der Waals surface area contributed by atoms with Crippen LogP contribution in [0.2, 0.25) is 0 Å². The summed E-state index contributed by atoms with van der Waals surface area (Å²) in [6.07, 6.45) is 0. The van der Waals surface area contributed by atoms with Gasteiger partial charge in [0.05, 0.1) is 4.92 Å². The number of hydrogen-bond donors (Lipinski definition) is 1. The molecule has 3 aromatic carbocycles. The number of nitro groups is 1. The molecule has 0 radical (unpaired) electrons. The van der Waals surface area contributed by atoms with Crippen molar-refractivity contribution in [3.8, 4) is 5.75 Å². The third-order valence-corrected chi connectivity index (χ3v) is 4.59. The van der Waals surface area contributed by atoms with E-state index in [2.05, 4.69) is 40.3 Å². The Balaban J connectivity index is 1.67. The highest BCUT2D eigenvalue weighted by Crippen LogP contribution is 2.25. The Bertz CT molecular complexity index is 925. The van der Waals surface area contributed by atoms with Gasteiger partial charge in [0, 0.05) is 34.4 Å². The van der Waals surface area contributed by atoms with Crippen molar-refractivity contribution in [2.75, 3.05) is 5.32 Å². The number of nitrogens with zero attached hydrogens (tertiary/aromatic N) is 1. The average molecular weight is 427 g/mol. The summed E-state index contributed by atoms with van der Waals surface area (Å²) in [6.45, 7) is 3.03. The highest BCUT2D eigenvalue weighted by Gasteiger charge is 2.08. The topological polar surface area (TPSA) is 64.4 Å². The molecular weight excluding hydrogens is 408 g/mol. The number of anilines is 1. The van der Waals surface area contributed by atoms with Gasteiger partial charge in [-0.2, -0.15) is 0 Å². The number of rotatable bonds is 7.